The lowest BCUT2D eigenvalue weighted by Crippen LogP contribution is -2.71. The third kappa shape index (κ3) is 1.91. The fourth-order valence-corrected chi connectivity index (χ4v) is 4.09. The molecule has 0 aromatic carbocycles. The van der Waals surface area contributed by atoms with E-state index in [0.29, 0.717) is 6.10 Å². The topological polar surface area (TPSA) is 41.7 Å². The second kappa shape index (κ2) is 4.50. The SMILES string of the molecule is CC1CN(C2(CN)CN3CCC2CC3)CCO1. The molecule has 4 aliphatic rings. The fourth-order valence-electron chi connectivity index (χ4n) is 4.09. The first kappa shape index (κ1) is 11.9. The lowest BCUT2D eigenvalue weighted by atomic mass is 9.71. The Morgan fingerprint density at radius 2 is 2.06 bits per heavy atom. The predicted molar refractivity (Wildman–Crippen MR) is 67.9 cm³/mol. The Morgan fingerprint density at radius 3 is 2.59 bits per heavy atom. The van der Waals surface area contributed by atoms with Crippen LogP contribution in [-0.2, 0) is 4.74 Å². The molecule has 98 valence electrons. The Kier molecular flexibility index (Phi) is 3.15. The summed E-state index contributed by atoms with van der Waals surface area (Å²) in [5.74, 6) is 0.808. The first-order valence-corrected chi connectivity index (χ1v) is 7.04. The molecule has 4 aliphatic heterocycles. The van der Waals surface area contributed by atoms with Crippen LogP contribution in [-0.4, -0.2) is 67.3 Å². The molecule has 4 heteroatoms. The van der Waals surface area contributed by atoms with Crippen molar-refractivity contribution in [1.82, 2.24) is 9.80 Å². The fraction of sp³-hybridized carbons (Fsp3) is 1.00. The van der Waals surface area contributed by atoms with Crippen LogP contribution in [0.5, 0.6) is 0 Å². The average molecular weight is 239 g/mol. The first-order chi connectivity index (χ1) is 8.24. The Labute approximate surface area is 104 Å². The van der Waals surface area contributed by atoms with Crippen LogP contribution in [0.3, 0.4) is 0 Å². The van der Waals surface area contributed by atoms with Gasteiger partial charge in [0.2, 0.25) is 0 Å². The number of piperidine rings is 3. The minimum absolute atomic E-state index is 0.245. The minimum atomic E-state index is 0.245. The van der Waals surface area contributed by atoms with Crippen molar-refractivity contribution in [2.24, 2.45) is 11.7 Å². The van der Waals surface area contributed by atoms with Gasteiger partial charge in [0.25, 0.3) is 0 Å². The van der Waals surface area contributed by atoms with Gasteiger partial charge >= 0.3 is 0 Å². The number of rotatable bonds is 2. The second-order valence-electron chi connectivity index (χ2n) is 5.99. The zero-order valence-corrected chi connectivity index (χ0v) is 10.9. The largest absolute Gasteiger partial charge is 0.376 e. The molecule has 4 saturated heterocycles. The van der Waals surface area contributed by atoms with Crippen molar-refractivity contribution in [3.8, 4) is 0 Å². The van der Waals surface area contributed by atoms with Crippen LogP contribution in [0.2, 0.25) is 0 Å². The number of hydrogen-bond donors (Lipinski definition) is 1. The van der Waals surface area contributed by atoms with E-state index in [1.807, 2.05) is 0 Å². The van der Waals surface area contributed by atoms with E-state index >= 15 is 0 Å². The molecule has 0 aliphatic carbocycles. The molecular formula is C13H25N3O. The zero-order chi connectivity index (χ0) is 11.9. The van der Waals surface area contributed by atoms with E-state index in [9.17, 15) is 0 Å². The van der Waals surface area contributed by atoms with Gasteiger partial charge in [-0.3, -0.25) is 4.90 Å². The van der Waals surface area contributed by atoms with Gasteiger partial charge in [-0.05, 0) is 38.8 Å². The third-order valence-electron chi connectivity index (χ3n) is 5.07. The molecule has 4 heterocycles. The van der Waals surface area contributed by atoms with Gasteiger partial charge in [0, 0.05) is 31.7 Å². The molecule has 0 amide bonds. The van der Waals surface area contributed by atoms with Gasteiger partial charge in [0.15, 0.2) is 0 Å². The van der Waals surface area contributed by atoms with Gasteiger partial charge in [0.05, 0.1) is 12.7 Å². The quantitative estimate of drug-likeness (QED) is 0.744. The van der Waals surface area contributed by atoms with Crippen LogP contribution in [0.1, 0.15) is 19.8 Å². The Morgan fingerprint density at radius 1 is 1.29 bits per heavy atom. The molecule has 4 fully saturated rings. The van der Waals surface area contributed by atoms with Crippen LogP contribution in [0, 0.1) is 5.92 Å². The van der Waals surface area contributed by atoms with E-state index in [2.05, 4.69) is 16.7 Å². The Hall–Kier alpha value is -0.160. The number of fused-ring (bicyclic) bond motifs is 3. The second-order valence-corrected chi connectivity index (χ2v) is 5.99. The summed E-state index contributed by atoms with van der Waals surface area (Å²) in [7, 11) is 0. The van der Waals surface area contributed by atoms with Crippen LogP contribution >= 0.6 is 0 Å². The number of nitrogens with two attached hydrogens (primary N) is 1. The third-order valence-corrected chi connectivity index (χ3v) is 5.07. The molecule has 4 nitrogen and oxygen atoms in total. The summed E-state index contributed by atoms with van der Waals surface area (Å²) in [5.41, 5.74) is 6.44. The average Bonchev–Trinajstić information content (AvgIpc) is 2.39. The Balaban J connectivity index is 1.81. The van der Waals surface area contributed by atoms with E-state index in [1.165, 1.54) is 32.5 Å². The van der Waals surface area contributed by atoms with E-state index in [1.54, 1.807) is 0 Å². The highest BCUT2D eigenvalue weighted by atomic mass is 16.5. The van der Waals surface area contributed by atoms with Gasteiger partial charge in [-0.1, -0.05) is 0 Å². The lowest BCUT2D eigenvalue weighted by molar-refractivity contribution is -0.119. The van der Waals surface area contributed by atoms with E-state index in [-0.39, 0.29) is 5.54 Å². The highest BCUT2D eigenvalue weighted by Crippen LogP contribution is 2.39. The van der Waals surface area contributed by atoms with E-state index in [4.69, 9.17) is 10.5 Å². The lowest BCUT2D eigenvalue weighted by Gasteiger charge is -2.59. The van der Waals surface area contributed by atoms with E-state index < -0.39 is 0 Å². The molecule has 0 spiro atoms. The first-order valence-electron chi connectivity index (χ1n) is 7.04. The van der Waals surface area contributed by atoms with Crippen LogP contribution in [0.4, 0.5) is 0 Å². The van der Waals surface area contributed by atoms with Crippen molar-refractivity contribution in [1.29, 1.82) is 0 Å². The van der Waals surface area contributed by atoms with Crippen molar-refractivity contribution in [3.63, 3.8) is 0 Å². The van der Waals surface area contributed by atoms with Gasteiger partial charge in [-0.15, -0.1) is 0 Å². The summed E-state index contributed by atoms with van der Waals surface area (Å²) in [5, 5.41) is 0. The molecule has 2 atom stereocenters. The molecule has 4 rings (SSSR count). The summed E-state index contributed by atoms with van der Waals surface area (Å²) >= 11 is 0. The van der Waals surface area contributed by atoms with E-state index in [0.717, 1.165) is 32.2 Å². The van der Waals surface area contributed by atoms with Crippen molar-refractivity contribution in [2.75, 3.05) is 45.9 Å². The summed E-state index contributed by atoms with van der Waals surface area (Å²) in [6.07, 6.45) is 3.04. The minimum Gasteiger partial charge on any atom is -0.376 e. The smallest absolute Gasteiger partial charge is 0.0674 e. The summed E-state index contributed by atoms with van der Waals surface area (Å²) in [6.45, 7) is 9.72. The molecule has 17 heavy (non-hydrogen) atoms. The van der Waals surface area contributed by atoms with Crippen LogP contribution in [0.15, 0.2) is 0 Å². The molecule has 0 aromatic heterocycles. The standard InChI is InChI=1S/C13H25N3O/c1-11-8-16(6-7-17-11)13(9-14)10-15-4-2-12(13)3-5-15/h11-12H,2-10,14H2,1H3. The molecule has 2 N–H and O–H groups in total. The Bertz CT molecular complexity index is 278. The number of ether oxygens (including phenoxy) is 1. The van der Waals surface area contributed by atoms with Gasteiger partial charge in [-0.25, -0.2) is 0 Å². The summed E-state index contributed by atoms with van der Waals surface area (Å²) in [6, 6.07) is 0. The maximum atomic E-state index is 6.19. The number of morpholine rings is 1. The van der Waals surface area contributed by atoms with Crippen molar-refractivity contribution < 1.29 is 4.74 Å². The maximum Gasteiger partial charge on any atom is 0.0674 e. The number of nitrogens with zero attached hydrogens (tertiary/aromatic N) is 2. The van der Waals surface area contributed by atoms with Crippen LogP contribution in [0.25, 0.3) is 0 Å². The highest BCUT2D eigenvalue weighted by Gasteiger charge is 2.50. The molecule has 2 bridgehead atoms. The normalized spacial score (nSPS) is 47.3. The monoisotopic (exact) mass is 239 g/mol. The molecular weight excluding hydrogens is 214 g/mol. The van der Waals surface area contributed by atoms with Gasteiger partial charge in [0.1, 0.15) is 0 Å². The van der Waals surface area contributed by atoms with Gasteiger partial charge in [-0.2, -0.15) is 0 Å². The summed E-state index contributed by atoms with van der Waals surface area (Å²) < 4.78 is 5.67. The zero-order valence-electron chi connectivity index (χ0n) is 10.9. The molecule has 0 radical (unpaired) electrons. The van der Waals surface area contributed by atoms with Crippen molar-refractivity contribution in [3.05, 3.63) is 0 Å². The summed E-state index contributed by atoms with van der Waals surface area (Å²) in [4.78, 5) is 5.24. The van der Waals surface area contributed by atoms with Gasteiger partial charge < -0.3 is 15.4 Å². The van der Waals surface area contributed by atoms with Crippen molar-refractivity contribution >= 4 is 0 Å². The van der Waals surface area contributed by atoms with Crippen molar-refractivity contribution in [2.45, 2.75) is 31.4 Å². The molecule has 2 unspecified atom stereocenters. The highest BCUT2D eigenvalue weighted by molar-refractivity contribution is 5.06. The predicted octanol–water partition coefficient (Wildman–Crippen LogP) is 0.130. The molecule has 0 saturated carbocycles. The maximum absolute atomic E-state index is 6.19. The molecule has 0 aromatic rings. The van der Waals surface area contributed by atoms with Crippen LogP contribution < -0.4 is 5.73 Å². The number of hydrogen-bond acceptors (Lipinski definition) is 4.